The van der Waals surface area contributed by atoms with Gasteiger partial charge in [0, 0.05) is 18.2 Å². The Morgan fingerprint density at radius 2 is 1.95 bits per heavy atom. The van der Waals surface area contributed by atoms with Gasteiger partial charge in [0.2, 0.25) is 0 Å². The summed E-state index contributed by atoms with van der Waals surface area (Å²) in [6, 6.07) is 2.31. The van der Waals surface area contributed by atoms with Gasteiger partial charge in [0.25, 0.3) is 11.6 Å². The minimum atomic E-state index is -1.00. The molecule has 0 aromatic heterocycles. The zero-order valence-electron chi connectivity index (χ0n) is 11.7. The summed E-state index contributed by atoms with van der Waals surface area (Å²) in [4.78, 5) is 22.2. The summed E-state index contributed by atoms with van der Waals surface area (Å²) >= 11 is 11.5. The van der Waals surface area contributed by atoms with Gasteiger partial charge >= 0.3 is 0 Å². The van der Waals surface area contributed by atoms with Crippen molar-refractivity contribution in [1.29, 1.82) is 0 Å². The van der Waals surface area contributed by atoms with Crippen molar-refractivity contribution in [2.75, 3.05) is 6.54 Å². The summed E-state index contributed by atoms with van der Waals surface area (Å²) in [6.07, 6.45) is 0.955. The molecule has 8 heteroatoms. The van der Waals surface area contributed by atoms with Crippen LogP contribution in [0.4, 0.5) is 5.69 Å². The van der Waals surface area contributed by atoms with Crippen molar-refractivity contribution in [3.63, 3.8) is 0 Å². The zero-order chi connectivity index (χ0) is 16.2. The summed E-state index contributed by atoms with van der Waals surface area (Å²) in [6.45, 7) is 3.66. The highest BCUT2D eigenvalue weighted by Gasteiger charge is 2.24. The van der Waals surface area contributed by atoms with E-state index in [9.17, 15) is 20.0 Å². The first-order valence-electron chi connectivity index (χ1n) is 6.38. The molecule has 0 aliphatic rings. The molecule has 0 aliphatic heterocycles. The lowest BCUT2D eigenvalue weighted by molar-refractivity contribution is -0.384. The molecule has 1 aromatic carbocycles. The van der Waals surface area contributed by atoms with Crippen molar-refractivity contribution in [1.82, 2.24) is 5.32 Å². The number of carbonyl (C=O) groups excluding carboxylic acids is 1. The van der Waals surface area contributed by atoms with E-state index in [-0.39, 0.29) is 22.2 Å². The van der Waals surface area contributed by atoms with E-state index in [1.54, 1.807) is 13.8 Å². The van der Waals surface area contributed by atoms with Gasteiger partial charge in [-0.25, -0.2) is 0 Å². The topological polar surface area (TPSA) is 92.5 Å². The first kappa shape index (κ1) is 17.7. The van der Waals surface area contributed by atoms with E-state index in [2.05, 4.69) is 5.32 Å². The molecule has 0 spiro atoms. The van der Waals surface area contributed by atoms with Crippen LogP contribution in [0.5, 0.6) is 0 Å². The van der Waals surface area contributed by atoms with Crippen LogP contribution in [-0.4, -0.2) is 28.1 Å². The lowest BCUT2D eigenvalue weighted by Crippen LogP contribution is -2.42. The van der Waals surface area contributed by atoms with Gasteiger partial charge < -0.3 is 10.4 Å². The van der Waals surface area contributed by atoms with Crippen LogP contribution in [-0.2, 0) is 0 Å². The second-order valence-electron chi connectivity index (χ2n) is 4.66. The molecule has 6 nitrogen and oxygen atoms in total. The number of rotatable bonds is 6. The monoisotopic (exact) mass is 334 g/mol. The van der Waals surface area contributed by atoms with Crippen molar-refractivity contribution in [2.24, 2.45) is 0 Å². The Bertz CT molecular complexity index is 559. The fourth-order valence-electron chi connectivity index (χ4n) is 1.69. The summed E-state index contributed by atoms with van der Waals surface area (Å²) in [7, 11) is 0. The number of carbonyl (C=O) groups is 1. The summed E-state index contributed by atoms with van der Waals surface area (Å²) in [5.74, 6) is -0.558. The number of benzene rings is 1. The Morgan fingerprint density at radius 1 is 1.38 bits per heavy atom. The minimum Gasteiger partial charge on any atom is -0.388 e. The summed E-state index contributed by atoms with van der Waals surface area (Å²) < 4.78 is 0. The first-order chi connectivity index (χ1) is 9.74. The van der Waals surface area contributed by atoms with Gasteiger partial charge in [-0.2, -0.15) is 0 Å². The first-order valence-corrected chi connectivity index (χ1v) is 7.13. The summed E-state index contributed by atoms with van der Waals surface area (Å²) in [5.41, 5.74) is -1.42. The third kappa shape index (κ3) is 4.30. The van der Waals surface area contributed by atoms with Crippen molar-refractivity contribution < 1.29 is 14.8 Å². The van der Waals surface area contributed by atoms with E-state index in [0.29, 0.717) is 12.8 Å². The maximum atomic E-state index is 12.0. The van der Waals surface area contributed by atoms with E-state index in [4.69, 9.17) is 23.2 Å². The van der Waals surface area contributed by atoms with Crippen LogP contribution in [0.25, 0.3) is 0 Å². The number of aliphatic hydroxyl groups is 1. The molecule has 0 atom stereocenters. The third-order valence-electron chi connectivity index (χ3n) is 3.36. The molecule has 0 fully saturated rings. The largest absolute Gasteiger partial charge is 0.388 e. The fourth-order valence-corrected chi connectivity index (χ4v) is 2.08. The van der Waals surface area contributed by atoms with Crippen molar-refractivity contribution in [2.45, 2.75) is 32.3 Å². The average Bonchev–Trinajstić information content (AvgIpc) is 2.46. The molecule has 116 valence electrons. The maximum Gasteiger partial charge on any atom is 0.290 e. The van der Waals surface area contributed by atoms with Crippen LogP contribution in [0.3, 0.4) is 0 Å². The Labute approximate surface area is 132 Å². The number of nitrogens with zero attached hydrogens (tertiary/aromatic N) is 1. The van der Waals surface area contributed by atoms with Crippen LogP contribution in [0.2, 0.25) is 10.0 Å². The van der Waals surface area contributed by atoms with Gasteiger partial charge in [0.15, 0.2) is 0 Å². The normalized spacial score (nSPS) is 11.3. The molecule has 0 saturated heterocycles. The lowest BCUT2D eigenvalue weighted by Gasteiger charge is -2.25. The highest BCUT2D eigenvalue weighted by Crippen LogP contribution is 2.33. The van der Waals surface area contributed by atoms with Crippen LogP contribution >= 0.6 is 23.2 Å². The number of nitrogens with one attached hydrogen (secondary N) is 1. The highest BCUT2D eigenvalue weighted by atomic mass is 35.5. The molecule has 2 N–H and O–H groups in total. The quantitative estimate of drug-likeness (QED) is 0.617. The second-order valence-corrected chi connectivity index (χ2v) is 5.45. The second kappa shape index (κ2) is 7.06. The molecule has 0 heterocycles. The number of amides is 1. The van der Waals surface area contributed by atoms with E-state index in [1.165, 1.54) is 6.07 Å². The van der Waals surface area contributed by atoms with Crippen molar-refractivity contribution >= 4 is 34.8 Å². The fraction of sp³-hybridized carbons (Fsp3) is 0.462. The van der Waals surface area contributed by atoms with E-state index >= 15 is 0 Å². The number of nitro groups is 1. The Morgan fingerprint density at radius 3 is 2.43 bits per heavy atom. The summed E-state index contributed by atoms with van der Waals surface area (Å²) in [5, 5.41) is 23.2. The number of halogens is 2. The predicted molar refractivity (Wildman–Crippen MR) is 81.0 cm³/mol. The molecule has 0 unspecified atom stereocenters. The van der Waals surface area contributed by atoms with Crippen LogP contribution < -0.4 is 5.32 Å². The molecule has 0 bridgehead atoms. The number of nitro benzene ring substituents is 1. The van der Waals surface area contributed by atoms with Crippen molar-refractivity contribution in [3.8, 4) is 0 Å². The van der Waals surface area contributed by atoms with Crippen LogP contribution in [0.1, 0.15) is 37.0 Å². The van der Waals surface area contributed by atoms with Gasteiger partial charge in [0.05, 0.1) is 15.5 Å². The minimum absolute atomic E-state index is 0.0191. The molecule has 1 rings (SSSR count). The van der Waals surface area contributed by atoms with Gasteiger partial charge in [0.1, 0.15) is 5.02 Å². The maximum absolute atomic E-state index is 12.0. The zero-order valence-corrected chi connectivity index (χ0v) is 13.2. The SMILES string of the molecule is CCC(O)(CC)CNC(=O)c1cc(Cl)c(Cl)c([N+](=O)[O-])c1. The molecule has 0 saturated carbocycles. The molecular weight excluding hydrogens is 319 g/mol. The molecule has 0 radical (unpaired) electrons. The van der Waals surface area contributed by atoms with Crippen LogP contribution in [0.15, 0.2) is 12.1 Å². The van der Waals surface area contributed by atoms with Crippen molar-refractivity contribution in [3.05, 3.63) is 37.9 Å². The molecular formula is C13H16Cl2N2O4. The Kier molecular flexibility index (Phi) is 5.95. The highest BCUT2D eigenvalue weighted by molar-refractivity contribution is 6.43. The van der Waals surface area contributed by atoms with E-state index < -0.39 is 22.1 Å². The Hall–Kier alpha value is -1.37. The van der Waals surface area contributed by atoms with Gasteiger partial charge in [-0.3, -0.25) is 14.9 Å². The third-order valence-corrected chi connectivity index (χ3v) is 4.15. The number of hydrogen-bond donors (Lipinski definition) is 2. The molecule has 1 aromatic rings. The molecule has 21 heavy (non-hydrogen) atoms. The lowest BCUT2D eigenvalue weighted by atomic mass is 9.97. The average molecular weight is 335 g/mol. The molecule has 0 aliphatic carbocycles. The van der Waals surface area contributed by atoms with E-state index in [0.717, 1.165) is 6.07 Å². The standard InChI is InChI=1S/C13H16Cl2N2O4/c1-3-13(19,4-2)7-16-12(18)8-5-9(14)11(15)10(6-8)17(20)21/h5-6,19H,3-4,7H2,1-2H3,(H,16,18). The van der Waals surface area contributed by atoms with Gasteiger partial charge in [-0.15, -0.1) is 0 Å². The predicted octanol–water partition coefficient (Wildman–Crippen LogP) is 3.18. The van der Waals surface area contributed by atoms with Crippen LogP contribution in [0, 0.1) is 10.1 Å². The molecule has 1 amide bonds. The Balaban J connectivity index is 2.96. The number of hydrogen-bond acceptors (Lipinski definition) is 4. The smallest absolute Gasteiger partial charge is 0.290 e. The van der Waals surface area contributed by atoms with Gasteiger partial charge in [-0.05, 0) is 18.9 Å². The van der Waals surface area contributed by atoms with E-state index in [1.807, 2.05) is 0 Å². The van der Waals surface area contributed by atoms with Gasteiger partial charge in [-0.1, -0.05) is 37.0 Å².